The van der Waals surface area contributed by atoms with E-state index in [1.54, 1.807) is 60.8 Å². The molecule has 1 saturated heterocycles. The number of fused-ring (bicyclic) bond motifs is 1. The number of carbonyl (C=O) groups excluding carboxylic acids is 3. The van der Waals surface area contributed by atoms with E-state index in [1.807, 2.05) is 60.7 Å². The van der Waals surface area contributed by atoms with Crippen LogP contribution in [0.1, 0.15) is 29.1 Å². The molecule has 2 atom stereocenters. The summed E-state index contributed by atoms with van der Waals surface area (Å²) in [6.45, 7) is 1.91. The fraction of sp³-hybridized carbons (Fsp3) is 0.147. The van der Waals surface area contributed by atoms with Gasteiger partial charge in [-0.2, -0.15) is 0 Å². The van der Waals surface area contributed by atoms with E-state index in [-0.39, 0.29) is 19.1 Å². The molecule has 5 aromatic rings. The second kappa shape index (κ2) is 13.5. The predicted octanol–water partition coefficient (Wildman–Crippen LogP) is 6.59. The van der Waals surface area contributed by atoms with E-state index >= 15 is 0 Å². The molecule has 0 bridgehead atoms. The number of amides is 3. The number of furan rings is 1. The number of aliphatic imine (C=N–C) groups is 1. The molecule has 11 heteroatoms. The second-order valence-corrected chi connectivity index (χ2v) is 11.4. The van der Waals surface area contributed by atoms with Crippen molar-refractivity contribution < 1.29 is 23.5 Å². The lowest BCUT2D eigenvalue weighted by atomic mass is 10.1. The highest BCUT2D eigenvalue weighted by atomic mass is 32.2. The molecule has 3 aromatic carbocycles. The zero-order chi connectivity index (χ0) is 31.2. The van der Waals surface area contributed by atoms with Gasteiger partial charge < -0.3 is 19.8 Å². The van der Waals surface area contributed by atoms with Crippen LogP contribution in [0.3, 0.4) is 0 Å². The SMILES string of the molecule is C[C@H](NC(=O)OCc1ccccc1)C(=O)Nc1ccc(C2S/C(=N\c3cccc4ccncc34)N(Cc3ccco3)C2=O)cc1. The van der Waals surface area contributed by atoms with Gasteiger partial charge in [0.2, 0.25) is 11.8 Å². The zero-order valence-corrected chi connectivity index (χ0v) is 25.1. The van der Waals surface area contributed by atoms with Crippen LogP contribution in [0.25, 0.3) is 10.8 Å². The van der Waals surface area contributed by atoms with Crippen LogP contribution in [0, 0.1) is 0 Å². The van der Waals surface area contributed by atoms with Crippen LogP contribution < -0.4 is 10.6 Å². The van der Waals surface area contributed by atoms with Crippen LogP contribution in [0.4, 0.5) is 16.2 Å². The Bertz CT molecular complexity index is 1840. The number of ether oxygens (including phenoxy) is 1. The van der Waals surface area contributed by atoms with Gasteiger partial charge in [-0.3, -0.25) is 19.5 Å². The van der Waals surface area contributed by atoms with Crippen LogP contribution in [0.2, 0.25) is 0 Å². The molecule has 0 aliphatic carbocycles. The number of alkyl carbamates (subject to hydrolysis) is 1. The van der Waals surface area contributed by atoms with Crippen molar-refractivity contribution in [3.63, 3.8) is 0 Å². The topological polar surface area (TPSA) is 126 Å². The summed E-state index contributed by atoms with van der Waals surface area (Å²) in [7, 11) is 0. The third kappa shape index (κ3) is 7.05. The Balaban J connectivity index is 1.13. The molecule has 45 heavy (non-hydrogen) atoms. The first kappa shape index (κ1) is 29.6. The summed E-state index contributed by atoms with van der Waals surface area (Å²) >= 11 is 1.36. The molecule has 2 aromatic heterocycles. The monoisotopic (exact) mass is 619 g/mol. The maximum Gasteiger partial charge on any atom is 0.408 e. The summed E-state index contributed by atoms with van der Waals surface area (Å²) in [5.74, 6) is 0.105. The fourth-order valence-corrected chi connectivity index (χ4v) is 5.92. The van der Waals surface area contributed by atoms with Crippen LogP contribution in [-0.2, 0) is 27.5 Å². The molecule has 1 aliphatic heterocycles. The molecular formula is C34H29N5O5S. The van der Waals surface area contributed by atoms with Gasteiger partial charge in [0.1, 0.15) is 23.7 Å². The maximum atomic E-state index is 13.7. The molecule has 0 spiro atoms. The predicted molar refractivity (Wildman–Crippen MR) is 173 cm³/mol. The highest BCUT2D eigenvalue weighted by molar-refractivity contribution is 8.15. The minimum Gasteiger partial charge on any atom is -0.467 e. The number of pyridine rings is 1. The number of nitrogens with zero attached hydrogens (tertiary/aromatic N) is 3. The first-order valence-corrected chi connectivity index (χ1v) is 15.1. The third-order valence-corrected chi connectivity index (χ3v) is 8.37. The lowest BCUT2D eigenvalue weighted by Crippen LogP contribution is -2.41. The number of aromatic nitrogens is 1. The molecule has 3 heterocycles. The Morgan fingerprint density at radius 3 is 2.62 bits per heavy atom. The van der Waals surface area contributed by atoms with Crippen molar-refractivity contribution in [2.24, 2.45) is 4.99 Å². The number of thioether (sulfide) groups is 1. The summed E-state index contributed by atoms with van der Waals surface area (Å²) in [6.07, 6.45) is 4.38. The largest absolute Gasteiger partial charge is 0.467 e. The number of hydrogen-bond donors (Lipinski definition) is 2. The minimum absolute atomic E-state index is 0.102. The molecule has 3 amide bonds. The highest BCUT2D eigenvalue weighted by Crippen LogP contribution is 2.42. The van der Waals surface area contributed by atoms with Crippen LogP contribution in [0.5, 0.6) is 0 Å². The number of benzene rings is 3. The summed E-state index contributed by atoms with van der Waals surface area (Å²) in [6, 6.07) is 26.8. The van der Waals surface area contributed by atoms with E-state index in [1.165, 1.54) is 11.8 Å². The molecule has 1 aliphatic rings. The van der Waals surface area contributed by atoms with Gasteiger partial charge in [0, 0.05) is 23.5 Å². The normalized spacial score (nSPS) is 16.1. The molecule has 1 unspecified atom stereocenters. The maximum absolute atomic E-state index is 13.7. The van der Waals surface area contributed by atoms with Crippen molar-refractivity contribution in [2.45, 2.75) is 31.4 Å². The Kier molecular flexibility index (Phi) is 8.88. The molecular weight excluding hydrogens is 590 g/mol. The van der Waals surface area contributed by atoms with Gasteiger partial charge >= 0.3 is 6.09 Å². The Morgan fingerprint density at radius 1 is 1.02 bits per heavy atom. The summed E-state index contributed by atoms with van der Waals surface area (Å²) in [5.41, 5.74) is 2.84. The van der Waals surface area contributed by atoms with Gasteiger partial charge in [0.25, 0.3) is 0 Å². The lowest BCUT2D eigenvalue weighted by Gasteiger charge is -2.16. The Morgan fingerprint density at radius 2 is 1.84 bits per heavy atom. The van der Waals surface area contributed by atoms with E-state index < -0.39 is 23.3 Å². The zero-order valence-electron chi connectivity index (χ0n) is 24.3. The molecule has 2 N–H and O–H groups in total. The van der Waals surface area contributed by atoms with Crippen LogP contribution in [0.15, 0.2) is 119 Å². The molecule has 0 saturated carbocycles. The average Bonchev–Trinajstić information content (AvgIpc) is 3.69. The number of carbonyl (C=O) groups is 3. The summed E-state index contributed by atoms with van der Waals surface area (Å²) < 4.78 is 10.7. The van der Waals surface area contributed by atoms with Crippen molar-refractivity contribution in [1.29, 1.82) is 0 Å². The Hall–Kier alpha value is -5.42. The smallest absolute Gasteiger partial charge is 0.408 e. The number of anilines is 1. The Labute approximate surface area is 263 Å². The first-order valence-electron chi connectivity index (χ1n) is 14.2. The van der Waals surface area contributed by atoms with Gasteiger partial charge in [0.15, 0.2) is 5.17 Å². The van der Waals surface area contributed by atoms with Gasteiger partial charge in [-0.1, -0.05) is 66.4 Å². The third-order valence-electron chi connectivity index (χ3n) is 7.14. The number of rotatable bonds is 9. The van der Waals surface area contributed by atoms with Crippen LogP contribution >= 0.6 is 11.8 Å². The lowest BCUT2D eigenvalue weighted by molar-refractivity contribution is -0.126. The summed E-state index contributed by atoms with van der Waals surface area (Å²) in [4.78, 5) is 49.4. The summed E-state index contributed by atoms with van der Waals surface area (Å²) in [5, 5.41) is 7.22. The van der Waals surface area contributed by atoms with E-state index in [2.05, 4.69) is 15.6 Å². The number of amidine groups is 1. The van der Waals surface area contributed by atoms with Gasteiger partial charge in [-0.25, -0.2) is 9.79 Å². The molecule has 0 radical (unpaired) electrons. The van der Waals surface area contributed by atoms with Crippen molar-refractivity contribution in [3.05, 3.63) is 127 Å². The standard InChI is InChI=1S/C34H29N5O5S/c1-22(36-34(42)44-21-23-7-3-2-4-8-23)31(40)37-26-14-12-25(13-15-26)30-32(41)39(20-27-10-6-18-43-27)33(45-30)38-29-11-5-9-24-16-17-35-19-28(24)29/h2-19,22,30H,20-21H2,1H3,(H,36,42)(H,37,40)/b38-33-/t22-,30?/m0/s1. The second-order valence-electron chi connectivity index (χ2n) is 10.3. The minimum atomic E-state index is -0.835. The first-order chi connectivity index (χ1) is 21.9. The van der Waals surface area contributed by atoms with Crippen molar-refractivity contribution in [3.8, 4) is 0 Å². The van der Waals surface area contributed by atoms with Crippen molar-refractivity contribution in [2.75, 3.05) is 5.32 Å². The fourth-order valence-electron chi connectivity index (χ4n) is 4.75. The van der Waals surface area contributed by atoms with Gasteiger partial charge in [-0.05, 0) is 59.8 Å². The van der Waals surface area contributed by atoms with E-state index in [0.717, 1.165) is 21.9 Å². The van der Waals surface area contributed by atoms with Gasteiger partial charge in [-0.15, -0.1) is 0 Å². The number of hydrogen-bond acceptors (Lipinski definition) is 8. The number of nitrogens with one attached hydrogen (secondary N) is 2. The average molecular weight is 620 g/mol. The van der Waals surface area contributed by atoms with E-state index in [9.17, 15) is 14.4 Å². The van der Waals surface area contributed by atoms with Crippen molar-refractivity contribution in [1.82, 2.24) is 15.2 Å². The van der Waals surface area contributed by atoms with Crippen LogP contribution in [-0.4, -0.2) is 39.0 Å². The quantitative estimate of drug-likeness (QED) is 0.191. The van der Waals surface area contributed by atoms with Crippen molar-refractivity contribution >= 4 is 57.0 Å². The molecule has 10 nitrogen and oxygen atoms in total. The van der Waals surface area contributed by atoms with E-state index in [0.29, 0.717) is 22.3 Å². The van der Waals surface area contributed by atoms with E-state index in [4.69, 9.17) is 14.1 Å². The molecule has 1 fully saturated rings. The van der Waals surface area contributed by atoms with Gasteiger partial charge in [0.05, 0.1) is 18.5 Å². The highest BCUT2D eigenvalue weighted by Gasteiger charge is 2.39. The molecule has 226 valence electrons. The molecule has 6 rings (SSSR count).